The van der Waals surface area contributed by atoms with Gasteiger partial charge in [-0.1, -0.05) is 31.2 Å². The summed E-state index contributed by atoms with van der Waals surface area (Å²) in [6.45, 7) is 2.07. The van der Waals surface area contributed by atoms with Crippen LogP contribution in [0.1, 0.15) is 35.7 Å². The van der Waals surface area contributed by atoms with Crippen molar-refractivity contribution in [2.45, 2.75) is 26.2 Å². The number of carbonyl (C=O) groups is 2. The van der Waals surface area contributed by atoms with Crippen LogP contribution in [0.2, 0.25) is 0 Å². The number of Topliss-reactive ketones (excluding diaryl/α,β-unsaturated/α-hetero) is 1. The number of amides is 1. The van der Waals surface area contributed by atoms with E-state index in [-0.39, 0.29) is 24.5 Å². The Morgan fingerprint density at radius 1 is 1.17 bits per heavy atom. The van der Waals surface area contributed by atoms with Crippen molar-refractivity contribution in [3.8, 4) is 0 Å². The van der Waals surface area contributed by atoms with E-state index >= 15 is 0 Å². The molecule has 1 amide bonds. The third-order valence-corrected chi connectivity index (χ3v) is 2.88. The average Bonchev–Trinajstić information content (AvgIpc) is 2.43. The highest BCUT2D eigenvalue weighted by molar-refractivity contribution is 5.97. The molecule has 4 nitrogen and oxygen atoms in total. The van der Waals surface area contributed by atoms with Crippen molar-refractivity contribution in [2.75, 3.05) is 14.2 Å². The maximum Gasteiger partial charge on any atom is 0.246 e. The predicted molar refractivity (Wildman–Crippen MR) is 69.2 cm³/mol. The van der Waals surface area contributed by atoms with E-state index in [1.807, 2.05) is 24.3 Å². The third kappa shape index (κ3) is 3.96. The molecule has 0 atom stereocenters. The minimum absolute atomic E-state index is 0.0180. The summed E-state index contributed by atoms with van der Waals surface area (Å²) >= 11 is 0. The zero-order valence-electron chi connectivity index (χ0n) is 11.1. The molecule has 0 unspecified atom stereocenters. The van der Waals surface area contributed by atoms with Gasteiger partial charge in [0.15, 0.2) is 5.78 Å². The molecule has 0 aliphatic carbocycles. The van der Waals surface area contributed by atoms with Crippen LogP contribution in [0, 0.1) is 0 Å². The Balaban J connectivity index is 2.52. The number of carbonyl (C=O) groups excluding carboxylic acids is 2. The molecule has 1 aromatic rings. The summed E-state index contributed by atoms with van der Waals surface area (Å²) in [7, 11) is 2.95. The van der Waals surface area contributed by atoms with Gasteiger partial charge in [-0.05, 0) is 12.0 Å². The molecule has 4 heteroatoms. The average molecular weight is 249 g/mol. The first-order chi connectivity index (χ1) is 8.58. The summed E-state index contributed by atoms with van der Waals surface area (Å²) < 4.78 is 0. The maximum absolute atomic E-state index is 11.8. The second-order valence-corrected chi connectivity index (χ2v) is 4.05. The van der Waals surface area contributed by atoms with E-state index in [1.165, 1.54) is 19.7 Å². The van der Waals surface area contributed by atoms with Gasteiger partial charge in [0, 0.05) is 25.5 Å². The number of rotatable bonds is 6. The fourth-order valence-electron chi connectivity index (χ4n) is 1.55. The number of nitrogens with zero attached hydrogens (tertiary/aromatic N) is 1. The highest BCUT2D eigenvalue weighted by atomic mass is 16.7. The second-order valence-electron chi connectivity index (χ2n) is 4.05. The Labute approximate surface area is 108 Å². The summed E-state index contributed by atoms with van der Waals surface area (Å²) in [5, 5.41) is 1.13. The number of benzene rings is 1. The van der Waals surface area contributed by atoms with Crippen LogP contribution in [0.25, 0.3) is 0 Å². The Bertz CT molecular complexity index is 412. The third-order valence-electron chi connectivity index (χ3n) is 2.88. The van der Waals surface area contributed by atoms with Crippen LogP contribution in [0.5, 0.6) is 0 Å². The lowest BCUT2D eigenvalue weighted by Gasteiger charge is -2.12. The molecular weight excluding hydrogens is 230 g/mol. The molecule has 0 saturated carbocycles. The van der Waals surface area contributed by atoms with Crippen molar-refractivity contribution in [2.24, 2.45) is 0 Å². The van der Waals surface area contributed by atoms with Crippen LogP contribution in [0.4, 0.5) is 0 Å². The van der Waals surface area contributed by atoms with Crippen LogP contribution in [0.3, 0.4) is 0 Å². The van der Waals surface area contributed by atoms with Crippen LogP contribution in [-0.2, 0) is 16.1 Å². The summed E-state index contributed by atoms with van der Waals surface area (Å²) in [5.74, 6) is -0.216. The van der Waals surface area contributed by atoms with Crippen LogP contribution >= 0.6 is 0 Å². The van der Waals surface area contributed by atoms with Gasteiger partial charge in [-0.25, -0.2) is 5.06 Å². The zero-order valence-corrected chi connectivity index (χ0v) is 11.1. The smallest absolute Gasteiger partial charge is 0.246 e. The molecule has 18 heavy (non-hydrogen) atoms. The molecule has 0 aliphatic rings. The van der Waals surface area contributed by atoms with E-state index in [0.29, 0.717) is 5.56 Å². The summed E-state index contributed by atoms with van der Waals surface area (Å²) in [4.78, 5) is 28.1. The molecule has 0 saturated heterocycles. The molecule has 0 bridgehead atoms. The fourth-order valence-corrected chi connectivity index (χ4v) is 1.55. The highest BCUT2D eigenvalue weighted by Crippen LogP contribution is 2.09. The van der Waals surface area contributed by atoms with Gasteiger partial charge < -0.3 is 0 Å². The van der Waals surface area contributed by atoms with Gasteiger partial charge in [0.25, 0.3) is 0 Å². The summed E-state index contributed by atoms with van der Waals surface area (Å²) in [6.07, 6.45) is 1.32. The zero-order chi connectivity index (χ0) is 13.5. The van der Waals surface area contributed by atoms with Crippen LogP contribution < -0.4 is 0 Å². The van der Waals surface area contributed by atoms with E-state index in [4.69, 9.17) is 4.84 Å². The quantitative estimate of drug-likeness (QED) is 0.573. The van der Waals surface area contributed by atoms with E-state index in [1.54, 1.807) is 0 Å². The molecule has 0 aliphatic heterocycles. The van der Waals surface area contributed by atoms with Gasteiger partial charge in [-0.15, -0.1) is 0 Å². The molecule has 0 fully saturated rings. The molecule has 0 heterocycles. The van der Waals surface area contributed by atoms with Crippen molar-refractivity contribution in [3.63, 3.8) is 0 Å². The predicted octanol–water partition coefficient (Wildman–Crippen LogP) is 2.23. The largest absolute Gasteiger partial charge is 0.294 e. The Morgan fingerprint density at radius 3 is 2.28 bits per heavy atom. The van der Waals surface area contributed by atoms with Crippen LogP contribution in [-0.4, -0.2) is 30.9 Å². The fraction of sp³-hybridized carbons (Fsp3) is 0.429. The maximum atomic E-state index is 11.8. The number of hydroxylamine groups is 2. The molecule has 1 aromatic carbocycles. The van der Waals surface area contributed by atoms with Gasteiger partial charge in [0.05, 0.1) is 7.11 Å². The minimum atomic E-state index is -0.198. The SMILES string of the molecule is CCc1ccc(C(=O)CCC(=O)N(C)OC)cc1. The van der Waals surface area contributed by atoms with Gasteiger partial charge in [-0.2, -0.15) is 0 Å². The van der Waals surface area contributed by atoms with E-state index in [9.17, 15) is 9.59 Å². The van der Waals surface area contributed by atoms with Crippen molar-refractivity contribution >= 4 is 11.7 Å². The van der Waals surface area contributed by atoms with Gasteiger partial charge in [0.1, 0.15) is 0 Å². The molecule has 0 aromatic heterocycles. The van der Waals surface area contributed by atoms with Crippen molar-refractivity contribution in [1.82, 2.24) is 5.06 Å². The van der Waals surface area contributed by atoms with Gasteiger partial charge >= 0.3 is 0 Å². The number of ketones is 1. The van der Waals surface area contributed by atoms with Crippen molar-refractivity contribution in [1.29, 1.82) is 0 Å². The highest BCUT2D eigenvalue weighted by Gasteiger charge is 2.12. The topological polar surface area (TPSA) is 46.6 Å². The Morgan fingerprint density at radius 2 is 1.78 bits per heavy atom. The van der Waals surface area contributed by atoms with Crippen molar-refractivity contribution in [3.05, 3.63) is 35.4 Å². The summed E-state index contributed by atoms with van der Waals surface area (Å²) in [5.41, 5.74) is 1.85. The molecule has 0 spiro atoms. The second kappa shape index (κ2) is 6.91. The van der Waals surface area contributed by atoms with E-state index in [2.05, 4.69) is 6.92 Å². The van der Waals surface area contributed by atoms with Crippen molar-refractivity contribution < 1.29 is 14.4 Å². The molecule has 0 radical (unpaired) electrons. The normalized spacial score (nSPS) is 10.2. The standard InChI is InChI=1S/C14H19NO3/c1-4-11-5-7-12(8-6-11)13(16)9-10-14(17)15(2)18-3/h5-8H,4,9-10H2,1-3H3. The number of hydrogen-bond donors (Lipinski definition) is 0. The molecule has 0 N–H and O–H groups in total. The molecule has 98 valence electrons. The lowest BCUT2D eigenvalue weighted by molar-refractivity contribution is -0.168. The first-order valence-electron chi connectivity index (χ1n) is 6.01. The summed E-state index contributed by atoms with van der Waals surface area (Å²) in [6, 6.07) is 7.50. The van der Waals surface area contributed by atoms with E-state index in [0.717, 1.165) is 11.5 Å². The molecule has 1 rings (SSSR count). The number of hydrogen-bond acceptors (Lipinski definition) is 3. The van der Waals surface area contributed by atoms with Gasteiger partial charge in [0.2, 0.25) is 5.91 Å². The molecular formula is C14H19NO3. The first kappa shape index (κ1) is 14.4. The minimum Gasteiger partial charge on any atom is -0.294 e. The first-order valence-corrected chi connectivity index (χ1v) is 6.01. The van der Waals surface area contributed by atoms with Gasteiger partial charge in [-0.3, -0.25) is 14.4 Å². The van der Waals surface area contributed by atoms with Crippen LogP contribution in [0.15, 0.2) is 24.3 Å². The Kier molecular flexibility index (Phi) is 5.52. The lowest BCUT2D eigenvalue weighted by atomic mass is 10.0. The van der Waals surface area contributed by atoms with E-state index < -0.39 is 0 Å². The Hall–Kier alpha value is -1.68. The monoisotopic (exact) mass is 249 g/mol. The number of aryl methyl sites for hydroxylation is 1. The lowest BCUT2D eigenvalue weighted by Crippen LogP contribution is -2.25.